The summed E-state index contributed by atoms with van der Waals surface area (Å²) in [5, 5.41) is 5.56. The number of benzene rings is 3. The smallest absolute Gasteiger partial charge is 0.167 e. The summed E-state index contributed by atoms with van der Waals surface area (Å²) >= 11 is 0. The zero-order valence-corrected chi connectivity index (χ0v) is 14.9. The molecule has 0 amide bonds. The minimum Gasteiger partial charge on any atom is -0.356 e. The van der Waals surface area contributed by atoms with E-state index in [0.29, 0.717) is 0 Å². The first-order valence-corrected chi connectivity index (χ1v) is 9.00. The van der Waals surface area contributed by atoms with Gasteiger partial charge in [-0.05, 0) is 18.1 Å². The second-order valence-corrected chi connectivity index (χ2v) is 6.68. The average Bonchev–Trinajstić information content (AvgIpc) is 3.35. The molecule has 0 spiro atoms. The van der Waals surface area contributed by atoms with Gasteiger partial charge in [-0.25, -0.2) is 0 Å². The van der Waals surface area contributed by atoms with Crippen LogP contribution >= 0.6 is 0 Å². The molecular weight excluding hydrogens is 332 g/mol. The molecule has 0 saturated carbocycles. The number of fused-ring (bicyclic) bond motifs is 1. The van der Waals surface area contributed by atoms with Gasteiger partial charge in [-0.1, -0.05) is 84.0 Å². The predicted molar refractivity (Wildman–Crippen MR) is 109 cm³/mol. The Bertz CT molecular complexity index is 1220. The molecule has 3 heteroatoms. The topological polar surface area (TPSA) is 41.8 Å². The molecule has 5 aromatic rings. The van der Waals surface area contributed by atoms with Crippen LogP contribution in [0.15, 0.2) is 89.5 Å². The molecule has 27 heavy (non-hydrogen) atoms. The SMILES string of the molecule is Cc1cccc2c(-c3ccccc3)c(-c3cc(-c4ccccc4)on3)[nH]c12. The van der Waals surface area contributed by atoms with Crippen LogP contribution in [0.25, 0.3) is 44.7 Å². The van der Waals surface area contributed by atoms with Gasteiger partial charge in [0.05, 0.1) is 5.69 Å². The van der Waals surface area contributed by atoms with Gasteiger partial charge in [-0.3, -0.25) is 0 Å². The van der Waals surface area contributed by atoms with Gasteiger partial charge in [0.1, 0.15) is 5.69 Å². The molecule has 0 atom stereocenters. The maximum absolute atomic E-state index is 5.65. The highest BCUT2D eigenvalue weighted by Gasteiger charge is 2.19. The number of hydrogen-bond donors (Lipinski definition) is 1. The third-order valence-corrected chi connectivity index (χ3v) is 4.93. The lowest BCUT2D eigenvalue weighted by molar-refractivity contribution is 0.435. The maximum Gasteiger partial charge on any atom is 0.167 e. The van der Waals surface area contributed by atoms with Gasteiger partial charge >= 0.3 is 0 Å². The van der Waals surface area contributed by atoms with E-state index in [-0.39, 0.29) is 0 Å². The molecule has 0 unspecified atom stereocenters. The van der Waals surface area contributed by atoms with E-state index in [9.17, 15) is 0 Å². The zero-order valence-electron chi connectivity index (χ0n) is 14.9. The van der Waals surface area contributed by atoms with Gasteiger partial charge in [-0.15, -0.1) is 0 Å². The third-order valence-electron chi connectivity index (χ3n) is 4.93. The van der Waals surface area contributed by atoms with Gasteiger partial charge in [0.2, 0.25) is 0 Å². The van der Waals surface area contributed by atoms with E-state index < -0.39 is 0 Å². The molecule has 0 bridgehead atoms. The van der Waals surface area contributed by atoms with Crippen molar-refractivity contribution in [1.82, 2.24) is 10.1 Å². The first kappa shape index (κ1) is 15.6. The molecule has 0 radical (unpaired) electrons. The fraction of sp³-hybridized carbons (Fsp3) is 0.0417. The van der Waals surface area contributed by atoms with E-state index in [1.807, 2.05) is 42.5 Å². The van der Waals surface area contributed by atoms with Crippen LogP contribution in [0.4, 0.5) is 0 Å². The number of para-hydroxylation sites is 1. The van der Waals surface area contributed by atoms with E-state index in [4.69, 9.17) is 4.52 Å². The normalized spacial score (nSPS) is 11.1. The number of aromatic amines is 1. The molecule has 0 saturated heterocycles. The minimum absolute atomic E-state index is 0.764. The molecule has 1 N–H and O–H groups in total. The quantitative estimate of drug-likeness (QED) is 0.405. The summed E-state index contributed by atoms with van der Waals surface area (Å²) in [4.78, 5) is 3.59. The Morgan fingerprint density at radius 2 is 1.48 bits per heavy atom. The Hall–Kier alpha value is -3.59. The molecular formula is C24H18N2O. The fourth-order valence-electron chi connectivity index (χ4n) is 3.59. The molecule has 0 aliphatic rings. The third kappa shape index (κ3) is 2.64. The van der Waals surface area contributed by atoms with Gasteiger partial charge in [0.25, 0.3) is 0 Å². The molecule has 0 fully saturated rings. The molecule has 5 rings (SSSR count). The van der Waals surface area contributed by atoms with Crippen molar-refractivity contribution in [1.29, 1.82) is 0 Å². The standard InChI is InChI=1S/C24H18N2O/c1-16-9-8-14-19-22(18-12-6-3-7-13-18)24(25-23(16)19)20-15-21(27-26-20)17-10-4-2-5-11-17/h2-15,25H,1H3. The number of aryl methyl sites for hydroxylation is 1. The predicted octanol–water partition coefficient (Wildman–Crippen LogP) is 6.47. The second kappa shape index (κ2) is 6.29. The van der Waals surface area contributed by atoms with Gasteiger partial charge in [0.15, 0.2) is 5.76 Å². The molecule has 3 nitrogen and oxygen atoms in total. The molecule has 0 aliphatic heterocycles. The monoisotopic (exact) mass is 350 g/mol. The molecule has 2 aromatic heterocycles. The molecule has 3 aromatic carbocycles. The van der Waals surface area contributed by atoms with Crippen molar-refractivity contribution in [3.8, 4) is 33.8 Å². The number of nitrogens with zero attached hydrogens (tertiary/aromatic N) is 1. The van der Waals surface area contributed by atoms with Crippen LogP contribution < -0.4 is 0 Å². The Balaban J connectivity index is 1.74. The van der Waals surface area contributed by atoms with Crippen molar-refractivity contribution in [3.63, 3.8) is 0 Å². The average molecular weight is 350 g/mol. The van der Waals surface area contributed by atoms with Crippen molar-refractivity contribution >= 4 is 10.9 Å². The summed E-state index contributed by atoms with van der Waals surface area (Å²) in [6, 6.07) is 28.8. The Kier molecular flexibility index (Phi) is 3.65. The fourth-order valence-corrected chi connectivity index (χ4v) is 3.59. The van der Waals surface area contributed by atoms with Crippen LogP contribution in [0.5, 0.6) is 0 Å². The van der Waals surface area contributed by atoms with Crippen LogP contribution in [0.3, 0.4) is 0 Å². The number of H-pyrrole nitrogens is 1. The van der Waals surface area contributed by atoms with Crippen molar-refractivity contribution < 1.29 is 4.52 Å². The lowest BCUT2D eigenvalue weighted by Gasteiger charge is -2.03. The van der Waals surface area contributed by atoms with Crippen molar-refractivity contribution in [2.45, 2.75) is 6.92 Å². The molecule has 2 heterocycles. The first-order valence-electron chi connectivity index (χ1n) is 9.00. The summed E-state index contributed by atoms with van der Waals surface area (Å²) in [5.74, 6) is 0.764. The summed E-state index contributed by atoms with van der Waals surface area (Å²) in [7, 11) is 0. The van der Waals surface area contributed by atoms with Crippen molar-refractivity contribution in [2.75, 3.05) is 0 Å². The highest BCUT2D eigenvalue weighted by Crippen LogP contribution is 2.39. The number of nitrogens with one attached hydrogen (secondary N) is 1. The second-order valence-electron chi connectivity index (χ2n) is 6.68. The Morgan fingerprint density at radius 1 is 0.778 bits per heavy atom. The van der Waals surface area contributed by atoms with Gasteiger partial charge in [-0.2, -0.15) is 0 Å². The zero-order chi connectivity index (χ0) is 18.2. The summed E-state index contributed by atoms with van der Waals surface area (Å²) < 4.78 is 5.65. The van der Waals surface area contributed by atoms with Crippen LogP contribution in [0.2, 0.25) is 0 Å². The Labute approximate surface area is 157 Å². The summed E-state index contributed by atoms with van der Waals surface area (Å²) in [6.07, 6.45) is 0. The number of hydrogen-bond acceptors (Lipinski definition) is 2. The summed E-state index contributed by atoms with van der Waals surface area (Å²) in [5.41, 5.74) is 7.47. The van der Waals surface area contributed by atoms with E-state index in [1.54, 1.807) is 0 Å². The minimum atomic E-state index is 0.764. The first-order chi connectivity index (χ1) is 13.3. The number of aromatic nitrogens is 2. The summed E-state index contributed by atoms with van der Waals surface area (Å²) in [6.45, 7) is 2.12. The maximum atomic E-state index is 5.65. The molecule has 0 aliphatic carbocycles. The lowest BCUT2D eigenvalue weighted by atomic mass is 9.99. The van der Waals surface area contributed by atoms with Crippen LogP contribution in [-0.2, 0) is 0 Å². The lowest BCUT2D eigenvalue weighted by Crippen LogP contribution is -1.82. The van der Waals surface area contributed by atoms with Gasteiger partial charge < -0.3 is 9.51 Å². The van der Waals surface area contributed by atoms with Crippen LogP contribution in [0, 0.1) is 6.92 Å². The van der Waals surface area contributed by atoms with Crippen molar-refractivity contribution in [2.24, 2.45) is 0 Å². The van der Waals surface area contributed by atoms with Gasteiger partial charge in [0, 0.05) is 28.1 Å². The van der Waals surface area contributed by atoms with E-state index in [0.717, 1.165) is 39.4 Å². The van der Waals surface area contributed by atoms with E-state index >= 15 is 0 Å². The van der Waals surface area contributed by atoms with Crippen LogP contribution in [0.1, 0.15) is 5.56 Å². The van der Waals surface area contributed by atoms with Crippen LogP contribution in [-0.4, -0.2) is 10.1 Å². The highest BCUT2D eigenvalue weighted by molar-refractivity contribution is 6.04. The highest BCUT2D eigenvalue weighted by atomic mass is 16.5. The van der Waals surface area contributed by atoms with Crippen molar-refractivity contribution in [3.05, 3.63) is 90.5 Å². The van der Waals surface area contributed by atoms with E-state index in [2.05, 4.69) is 59.5 Å². The largest absolute Gasteiger partial charge is 0.356 e. The Morgan fingerprint density at radius 3 is 2.22 bits per heavy atom. The molecule has 130 valence electrons. The number of rotatable bonds is 3. The van der Waals surface area contributed by atoms with E-state index in [1.165, 1.54) is 10.9 Å².